The van der Waals surface area contributed by atoms with E-state index in [4.69, 9.17) is 5.11 Å². The summed E-state index contributed by atoms with van der Waals surface area (Å²) in [5, 5.41) is 14.1. The van der Waals surface area contributed by atoms with E-state index >= 15 is 0 Å². The highest BCUT2D eigenvalue weighted by atomic mass is 32.2. The molecule has 2 atom stereocenters. The summed E-state index contributed by atoms with van der Waals surface area (Å²) in [7, 11) is 0. The van der Waals surface area contributed by atoms with Crippen LogP contribution in [0, 0.1) is 0 Å². The first-order chi connectivity index (χ1) is 8.01. The molecule has 0 saturated heterocycles. The lowest BCUT2D eigenvalue weighted by atomic mass is 10.1. The third-order valence-corrected chi connectivity index (χ3v) is 3.08. The topological polar surface area (TPSA) is 78.4 Å². The molecule has 2 amide bonds. The molecule has 0 spiro atoms. The van der Waals surface area contributed by atoms with Crippen molar-refractivity contribution in [1.29, 1.82) is 0 Å². The van der Waals surface area contributed by atoms with Gasteiger partial charge in [-0.3, -0.25) is 0 Å². The maximum absolute atomic E-state index is 11.5. The number of nitrogens with one attached hydrogen (secondary N) is 2. The molecular weight excluding hydrogens is 240 g/mol. The van der Waals surface area contributed by atoms with Gasteiger partial charge in [-0.15, -0.1) is 0 Å². The predicted molar refractivity (Wildman–Crippen MR) is 70.5 cm³/mol. The molecule has 0 aromatic carbocycles. The zero-order valence-electron chi connectivity index (χ0n) is 10.7. The Balaban J connectivity index is 4.07. The Morgan fingerprint density at radius 2 is 2.00 bits per heavy atom. The second-order valence-corrected chi connectivity index (χ2v) is 4.92. The first-order valence-electron chi connectivity index (χ1n) is 5.80. The molecule has 0 aromatic heterocycles. The van der Waals surface area contributed by atoms with Gasteiger partial charge in [0.2, 0.25) is 0 Å². The fraction of sp³-hybridized carbons (Fsp3) is 0.818. The second-order valence-electron chi connectivity index (χ2n) is 4.01. The predicted octanol–water partition coefficient (Wildman–Crippen LogP) is 1.68. The number of urea groups is 1. The van der Waals surface area contributed by atoms with E-state index in [1.807, 2.05) is 20.1 Å². The zero-order valence-corrected chi connectivity index (χ0v) is 11.5. The molecule has 0 fully saturated rings. The highest BCUT2D eigenvalue weighted by Gasteiger charge is 2.19. The fourth-order valence-electron chi connectivity index (χ4n) is 1.38. The van der Waals surface area contributed by atoms with Crippen molar-refractivity contribution in [3.8, 4) is 0 Å². The highest BCUT2D eigenvalue weighted by Crippen LogP contribution is 2.01. The lowest BCUT2D eigenvalue weighted by molar-refractivity contribution is -0.139. The molecule has 6 heteroatoms. The van der Waals surface area contributed by atoms with Gasteiger partial charge in [-0.2, -0.15) is 11.8 Å². The smallest absolute Gasteiger partial charge is 0.326 e. The molecule has 5 nitrogen and oxygen atoms in total. The molecule has 0 rings (SSSR count). The Morgan fingerprint density at radius 3 is 2.47 bits per heavy atom. The van der Waals surface area contributed by atoms with Crippen molar-refractivity contribution in [2.24, 2.45) is 0 Å². The average Bonchev–Trinajstić information content (AvgIpc) is 2.23. The number of unbranched alkanes of at least 4 members (excludes halogenated alkanes) is 1. The van der Waals surface area contributed by atoms with E-state index in [0.717, 1.165) is 18.6 Å². The number of carbonyl (C=O) groups excluding carboxylic acids is 1. The van der Waals surface area contributed by atoms with E-state index in [1.165, 1.54) is 0 Å². The van der Waals surface area contributed by atoms with Crippen molar-refractivity contribution in [3.63, 3.8) is 0 Å². The van der Waals surface area contributed by atoms with Gasteiger partial charge in [-0.05, 0) is 19.6 Å². The minimum absolute atomic E-state index is 0.0330. The number of aliphatic carboxylic acids is 1. The Bertz CT molecular complexity index is 249. The molecule has 0 heterocycles. The molecule has 0 aliphatic carbocycles. The summed E-state index contributed by atoms with van der Waals surface area (Å²) in [6, 6.07) is -1.17. The Morgan fingerprint density at radius 1 is 1.35 bits per heavy atom. The zero-order chi connectivity index (χ0) is 13.3. The van der Waals surface area contributed by atoms with Crippen LogP contribution in [-0.4, -0.2) is 41.2 Å². The first-order valence-corrected chi connectivity index (χ1v) is 7.19. The van der Waals surface area contributed by atoms with Crippen LogP contribution >= 0.6 is 11.8 Å². The Kier molecular flexibility index (Phi) is 8.66. The largest absolute Gasteiger partial charge is 0.480 e. The quantitative estimate of drug-likeness (QED) is 0.622. The first kappa shape index (κ1) is 16.1. The molecular formula is C11H22N2O3S. The van der Waals surface area contributed by atoms with Gasteiger partial charge in [0.1, 0.15) is 6.04 Å². The van der Waals surface area contributed by atoms with Gasteiger partial charge < -0.3 is 15.7 Å². The summed E-state index contributed by atoms with van der Waals surface area (Å²) < 4.78 is 0. The van der Waals surface area contributed by atoms with E-state index in [-0.39, 0.29) is 6.04 Å². The normalized spacial score (nSPS) is 13.8. The van der Waals surface area contributed by atoms with E-state index in [9.17, 15) is 9.59 Å². The highest BCUT2D eigenvalue weighted by molar-refractivity contribution is 7.98. The van der Waals surface area contributed by atoms with Crippen LogP contribution in [0.3, 0.4) is 0 Å². The van der Waals surface area contributed by atoms with Gasteiger partial charge in [0.05, 0.1) is 0 Å². The maximum atomic E-state index is 11.5. The minimum Gasteiger partial charge on any atom is -0.480 e. The lowest BCUT2D eigenvalue weighted by Crippen LogP contribution is -2.48. The molecule has 17 heavy (non-hydrogen) atoms. The summed E-state index contributed by atoms with van der Waals surface area (Å²) in [5.74, 6) is -0.175. The number of thioether (sulfide) groups is 1. The van der Waals surface area contributed by atoms with E-state index in [0.29, 0.717) is 6.42 Å². The molecule has 0 aliphatic rings. The molecule has 0 aromatic rings. The van der Waals surface area contributed by atoms with Crippen molar-refractivity contribution < 1.29 is 14.7 Å². The molecule has 100 valence electrons. The third kappa shape index (κ3) is 7.90. The van der Waals surface area contributed by atoms with Gasteiger partial charge in [0.25, 0.3) is 0 Å². The third-order valence-electron chi connectivity index (χ3n) is 2.24. The van der Waals surface area contributed by atoms with Crippen LogP contribution < -0.4 is 10.6 Å². The summed E-state index contributed by atoms with van der Waals surface area (Å²) in [5.41, 5.74) is 0. The van der Waals surface area contributed by atoms with Crippen molar-refractivity contribution in [2.45, 2.75) is 45.2 Å². The van der Waals surface area contributed by atoms with Gasteiger partial charge >= 0.3 is 12.0 Å². The van der Waals surface area contributed by atoms with Crippen LogP contribution in [-0.2, 0) is 4.79 Å². The number of hydrogen-bond donors (Lipinski definition) is 3. The van der Waals surface area contributed by atoms with Crippen molar-refractivity contribution in [3.05, 3.63) is 0 Å². The van der Waals surface area contributed by atoms with E-state index < -0.39 is 18.0 Å². The van der Waals surface area contributed by atoms with Crippen LogP contribution in [0.2, 0.25) is 0 Å². The van der Waals surface area contributed by atoms with Crippen LogP contribution in [0.25, 0.3) is 0 Å². The van der Waals surface area contributed by atoms with Crippen LogP contribution in [0.1, 0.15) is 33.1 Å². The molecule has 0 aliphatic heterocycles. The van der Waals surface area contributed by atoms with Crippen LogP contribution in [0.5, 0.6) is 0 Å². The van der Waals surface area contributed by atoms with Crippen molar-refractivity contribution in [2.75, 3.05) is 12.0 Å². The van der Waals surface area contributed by atoms with Gasteiger partial charge in [0.15, 0.2) is 0 Å². The van der Waals surface area contributed by atoms with Crippen LogP contribution in [0.4, 0.5) is 4.79 Å². The number of carbonyl (C=O) groups is 2. The summed E-state index contributed by atoms with van der Waals surface area (Å²) in [4.78, 5) is 22.4. The molecule has 0 bridgehead atoms. The fourth-order valence-corrected chi connectivity index (χ4v) is 1.96. The van der Waals surface area contributed by atoms with Crippen LogP contribution in [0.15, 0.2) is 0 Å². The molecule has 3 N–H and O–H groups in total. The maximum Gasteiger partial charge on any atom is 0.326 e. The Hall–Kier alpha value is -0.910. The standard InChI is InChI=1S/C11H22N2O3S/c1-4-5-6-9(10(14)15)13-11(16)12-8(2)7-17-3/h8-9H,4-7H2,1-3H3,(H,14,15)(H2,12,13,16). The van der Waals surface area contributed by atoms with Gasteiger partial charge in [-0.25, -0.2) is 9.59 Å². The SMILES string of the molecule is CCCCC(NC(=O)NC(C)CSC)C(=O)O. The monoisotopic (exact) mass is 262 g/mol. The molecule has 2 unspecified atom stereocenters. The van der Waals surface area contributed by atoms with Gasteiger partial charge in [0, 0.05) is 11.8 Å². The molecule has 0 saturated carbocycles. The van der Waals surface area contributed by atoms with E-state index in [1.54, 1.807) is 11.8 Å². The Labute approximate surface area is 107 Å². The summed E-state index contributed by atoms with van der Waals surface area (Å²) >= 11 is 1.63. The lowest BCUT2D eigenvalue weighted by Gasteiger charge is -2.17. The van der Waals surface area contributed by atoms with Crippen molar-refractivity contribution in [1.82, 2.24) is 10.6 Å². The number of amides is 2. The van der Waals surface area contributed by atoms with Crippen molar-refractivity contribution >= 4 is 23.8 Å². The van der Waals surface area contributed by atoms with Gasteiger partial charge in [-0.1, -0.05) is 19.8 Å². The number of carboxylic acid groups (broad SMARTS) is 1. The summed E-state index contributed by atoms with van der Waals surface area (Å²) in [6.07, 6.45) is 4.13. The minimum atomic E-state index is -0.980. The van der Waals surface area contributed by atoms with E-state index in [2.05, 4.69) is 10.6 Å². The number of hydrogen-bond acceptors (Lipinski definition) is 3. The molecule has 0 radical (unpaired) electrons. The summed E-state index contributed by atoms with van der Waals surface area (Å²) in [6.45, 7) is 3.87. The second kappa shape index (κ2) is 9.15. The number of rotatable bonds is 8. The average molecular weight is 262 g/mol. The number of carboxylic acids is 1.